The van der Waals surface area contributed by atoms with Gasteiger partial charge in [0.2, 0.25) is 0 Å². The fourth-order valence-corrected chi connectivity index (χ4v) is 3.33. The Labute approximate surface area is 185 Å². The van der Waals surface area contributed by atoms with Crippen LogP contribution in [0, 0.1) is 5.92 Å². The van der Waals surface area contributed by atoms with E-state index in [-0.39, 0.29) is 17.7 Å². The van der Waals surface area contributed by atoms with Crippen molar-refractivity contribution in [2.75, 3.05) is 0 Å². The van der Waals surface area contributed by atoms with Crippen LogP contribution in [0.25, 0.3) is 16.8 Å². The van der Waals surface area contributed by atoms with Crippen molar-refractivity contribution in [1.29, 1.82) is 0 Å². The highest BCUT2D eigenvalue weighted by Gasteiger charge is 2.31. The van der Waals surface area contributed by atoms with Crippen LogP contribution in [0.1, 0.15) is 44.1 Å². The Hall–Kier alpha value is -3.29. The molecule has 170 valence electrons. The largest absolute Gasteiger partial charge is 0.573 e. The summed E-state index contributed by atoms with van der Waals surface area (Å²) in [5, 5.41) is 3.00. The van der Waals surface area contributed by atoms with E-state index in [0.717, 1.165) is 12.8 Å². The molecular weight excluding hydrogens is 419 g/mol. The molecule has 0 radical (unpaired) electrons. The second-order valence-corrected chi connectivity index (χ2v) is 8.12. The Morgan fingerprint density at radius 3 is 2.44 bits per heavy atom. The zero-order chi connectivity index (χ0) is 23.3. The number of hydrogen-bond donors (Lipinski definition) is 1. The normalized spacial score (nSPS) is 12.6. The lowest BCUT2D eigenvalue weighted by Crippen LogP contribution is -2.33. The van der Waals surface area contributed by atoms with Crippen molar-refractivity contribution >= 4 is 5.91 Å². The number of hydrogen-bond acceptors (Lipinski definition) is 3. The fourth-order valence-electron chi connectivity index (χ4n) is 3.33. The van der Waals surface area contributed by atoms with Crippen LogP contribution in [-0.2, 0) is 0 Å². The van der Waals surface area contributed by atoms with E-state index in [1.54, 1.807) is 34.9 Å². The highest BCUT2D eigenvalue weighted by Crippen LogP contribution is 2.29. The zero-order valence-electron chi connectivity index (χ0n) is 18.2. The van der Waals surface area contributed by atoms with Crippen LogP contribution in [0.15, 0.2) is 61.1 Å². The van der Waals surface area contributed by atoms with Gasteiger partial charge in [-0.05, 0) is 61.1 Å². The number of nitrogens with one attached hydrogen (secondary N) is 1. The molecule has 0 bridgehead atoms. The molecule has 0 spiro atoms. The molecule has 2 aromatic carbocycles. The van der Waals surface area contributed by atoms with E-state index in [1.807, 2.05) is 6.92 Å². The molecule has 3 aromatic rings. The first-order chi connectivity index (χ1) is 15.1. The van der Waals surface area contributed by atoms with Crippen molar-refractivity contribution in [2.24, 2.45) is 5.92 Å². The molecule has 0 aliphatic carbocycles. The summed E-state index contributed by atoms with van der Waals surface area (Å²) in [4.78, 5) is 16.9. The smallest absolute Gasteiger partial charge is 0.406 e. The lowest BCUT2D eigenvalue weighted by atomic mass is 10.0. The third-order valence-corrected chi connectivity index (χ3v) is 4.95. The van der Waals surface area contributed by atoms with Gasteiger partial charge >= 0.3 is 6.36 Å². The van der Waals surface area contributed by atoms with Crippen molar-refractivity contribution < 1.29 is 22.7 Å². The molecular formula is C24H26F3N3O2. The standard InChI is InChI=1S/C24H26F3N3O2/c1-16(2)10-11-17(3)29-23(31)22-14-28-15-30(22)20-8-4-6-18(12-20)19-7-5-9-21(13-19)32-24(25,26)27/h4-9,12-17H,10-11H2,1-3H3,(H,29,31)/t17-/m0/s1. The molecule has 3 rings (SSSR count). The van der Waals surface area contributed by atoms with Crippen molar-refractivity contribution in [2.45, 2.75) is 46.0 Å². The maximum absolute atomic E-state index is 12.8. The van der Waals surface area contributed by atoms with E-state index >= 15 is 0 Å². The second-order valence-electron chi connectivity index (χ2n) is 8.12. The van der Waals surface area contributed by atoms with Crippen LogP contribution < -0.4 is 10.1 Å². The van der Waals surface area contributed by atoms with Gasteiger partial charge in [-0.15, -0.1) is 13.2 Å². The van der Waals surface area contributed by atoms with Crippen LogP contribution in [0.2, 0.25) is 0 Å². The summed E-state index contributed by atoms with van der Waals surface area (Å²) in [7, 11) is 0. The molecule has 0 saturated heterocycles. The molecule has 0 aliphatic rings. The Kier molecular flexibility index (Phi) is 7.22. The lowest BCUT2D eigenvalue weighted by Gasteiger charge is -2.16. The number of benzene rings is 2. The Balaban J connectivity index is 1.82. The number of rotatable bonds is 8. The van der Waals surface area contributed by atoms with Crippen molar-refractivity contribution in [3.8, 4) is 22.6 Å². The van der Waals surface area contributed by atoms with Gasteiger partial charge in [-0.3, -0.25) is 9.36 Å². The number of ether oxygens (including phenoxy) is 1. The van der Waals surface area contributed by atoms with Gasteiger partial charge in [0.15, 0.2) is 0 Å². The van der Waals surface area contributed by atoms with Gasteiger partial charge in [0.05, 0.1) is 12.5 Å². The first-order valence-electron chi connectivity index (χ1n) is 10.4. The molecule has 0 aliphatic heterocycles. The third-order valence-electron chi connectivity index (χ3n) is 4.95. The molecule has 8 heteroatoms. The summed E-state index contributed by atoms with van der Waals surface area (Å²) in [6.07, 6.45) is 0.167. The van der Waals surface area contributed by atoms with E-state index in [9.17, 15) is 18.0 Å². The summed E-state index contributed by atoms with van der Waals surface area (Å²) in [5.74, 6) is 0.0332. The average Bonchev–Trinajstić information content (AvgIpc) is 3.21. The van der Waals surface area contributed by atoms with Crippen molar-refractivity contribution in [3.05, 3.63) is 66.7 Å². The summed E-state index contributed by atoms with van der Waals surface area (Å²) < 4.78 is 43.3. The van der Waals surface area contributed by atoms with Gasteiger partial charge in [0.25, 0.3) is 5.91 Å². The highest BCUT2D eigenvalue weighted by atomic mass is 19.4. The minimum atomic E-state index is -4.76. The molecule has 5 nitrogen and oxygen atoms in total. The van der Waals surface area contributed by atoms with E-state index < -0.39 is 6.36 Å². The Bertz CT molecular complexity index is 1060. The fraction of sp³-hybridized carbons (Fsp3) is 0.333. The number of alkyl halides is 3. The Morgan fingerprint density at radius 1 is 1.06 bits per heavy atom. The monoisotopic (exact) mass is 445 g/mol. The number of imidazole rings is 1. The highest BCUT2D eigenvalue weighted by molar-refractivity contribution is 5.93. The predicted molar refractivity (Wildman–Crippen MR) is 117 cm³/mol. The molecule has 1 aromatic heterocycles. The maximum atomic E-state index is 12.8. The summed E-state index contributed by atoms with van der Waals surface area (Å²) in [6.45, 7) is 6.25. The van der Waals surface area contributed by atoms with Gasteiger partial charge in [-0.25, -0.2) is 4.98 Å². The third kappa shape index (κ3) is 6.35. The molecule has 1 atom stereocenters. The van der Waals surface area contributed by atoms with Gasteiger partial charge in [-0.1, -0.05) is 38.1 Å². The van der Waals surface area contributed by atoms with E-state index in [1.165, 1.54) is 30.7 Å². The number of aromatic nitrogens is 2. The summed E-state index contributed by atoms with van der Waals surface area (Å²) in [5.41, 5.74) is 2.29. The van der Waals surface area contributed by atoms with E-state index in [2.05, 4.69) is 28.9 Å². The SMILES string of the molecule is CC(C)CC[C@H](C)NC(=O)c1cncn1-c1cccc(-c2cccc(OC(F)(F)F)c2)c1. The molecule has 32 heavy (non-hydrogen) atoms. The first kappa shape index (κ1) is 23.4. The van der Waals surface area contributed by atoms with Crippen molar-refractivity contribution in [3.63, 3.8) is 0 Å². The molecule has 1 N–H and O–H groups in total. The number of halogens is 3. The topological polar surface area (TPSA) is 56.2 Å². The minimum Gasteiger partial charge on any atom is -0.406 e. The van der Waals surface area contributed by atoms with Crippen LogP contribution in [-0.4, -0.2) is 27.9 Å². The van der Waals surface area contributed by atoms with Crippen LogP contribution in [0.3, 0.4) is 0 Å². The molecule has 1 heterocycles. The zero-order valence-corrected chi connectivity index (χ0v) is 18.2. The van der Waals surface area contributed by atoms with Gasteiger partial charge in [0, 0.05) is 11.7 Å². The second kappa shape index (κ2) is 9.89. The molecule has 1 amide bonds. The maximum Gasteiger partial charge on any atom is 0.573 e. The van der Waals surface area contributed by atoms with E-state index in [0.29, 0.717) is 28.4 Å². The van der Waals surface area contributed by atoms with E-state index in [4.69, 9.17) is 0 Å². The van der Waals surface area contributed by atoms with Crippen molar-refractivity contribution in [1.82, 2.24) is 14.9 Å². The summed E-state index contributed by atoms with van der Waals surface area (Å²) >= 11 is 0. The van der Waals surface area contributed by atoms with Gasteiger partial charge in [0.1, 0.15) is 11.4 Å². The number of nitrogens with zero attached hydrogens (tertiary/aromatic N) is 2. The average molecular weight is 445 g/mol. The lowest BCUT2D eigenvalue weighted by molar-refractivity contribution is -0.274. The number of carbonyl (C=O) groups is 1. The molecule has 0 unspecified atom stereocenters. The van der Waals surface area contributed by atoms with Crippen LogP contribution in [0.4, 0.5) is 13.2 Å². The van der Waals surface area contributed by atoms with Gasteiger partial charge < -0.3 is 10.1 Å². The minimum absolute atomic E-state index is 0.0240. The van der Waals surface area contributed by atoms with Crippen LogP contribution >= 0.6 is 0 Å². The quantitative estimate of drug-likeness (QED) is 0.463. The molecule has 0 fully saturated rings. The molecule has 0 saturated carbocycles. The van der Waals surface area contributed by atoms with Gasteiger partial charge in [-0.2, -0.15) is 0 Å². The Morgan fingerprint density at radius 2 is 1.75 bits per heavy atom. The first-order valence-corrected chi connectivity index (χ1v) is 10.4. The van der Waals surface area contributed by atoms with Crippen LogP contribution in [0.5, 0.6) is 5.75 Å². The number of amides is 1. The number of carbonyl (C=O) groups excluding carboxylic acids is 1. The predicted octanol–water partition coefficient (Wildman–Crippen LogP) is 5.99. The summed E-state index contributed by atoms with van der Waals surface area (Å²) in [6, 6.07) is 12.9.